The first-order chi connectivity index (χ1) is 10.7. The van der Waals surface area contributed by atoms with Gasteiger partial charge in [-0.2, -0.15) is 0 Å². The predicted molar refractivity (Wildman–Crippen MR) is 90.8 cm³/mol. The molecule has 1 rings (SSSR count). The first kappa shape index (κ1) is 19.2. The Morgan fingerprint density at radius 3 is 2.22 bits per heavy atom. The van der Waals surface area contributed by atoms with Crippen LogP contribution in [-0.2, 0) is 20.7 Å². The lowest BCUT2D eigenvalue weighted by atomic mass is 10.0. The van der Waals surface area contributed by atoms with Crippen LogP contribution in [0.1, 0.15) is 40.2 Å². The lowest BCUT2D eigenvalue weighted by molar-refractivity contribution is -0.165. The summed E-state index contributed by atoms with van der Waals surface area (Å²) in [4.78, 5) is 26.5. The summed E-state index contributed by atoms with van der Waals surface area (Å²) in [7, 11) is 0. The van der Waals surface area contributed by atoms with Crippen molar-refractivity contribution in [2.24, 2.45) is 5.73 Å². The van der Waals surface area contributed by atoms with Gasteiger partial charge in [0.1, 0.15) is 11.6 Å². The van der Waals surface area contributed by atoms with Crippen molar-refractivity contribution in [2.45, 2.75) is 58.7 Å². The Morgan fingerprint density at radius 1 is 1.22 bits per heavy atom. The van der Waals surface area contributed by atoms with E-state index in [1.807, 2.05) is 58.0 Å². The van der Waals surface area contributed by atoms with Crippen LogP contribution < -0.4 is 5.73 Å². The quantitative estimate of drug-likeness (QED) is 0.815. The Hall–Kier alpha value is -1.88. The zero-order valence-corrected chi connectivity index (χ0v) is 14.7. The fourth-order valence-electron chi connectivity index (χ4n) is 2.32. The monoisotopic (exact) mass is 320 g/mol. The highest BCUT2D eigenvalue weighted by atomic mass is 16.6. The van der Waals surface area contributed by atoms with E-state index in [0.717, 1.165) is 5.56 Å². The number of likely N-dealkylation sites (N-methyl/N-ethyl adjacent to an activating group) is 1. The number of benzene rings is 1. The molecule has 0 bridgehead atoms. The molecule has 1 aromatic rings. The van der Waals surface area contributed by atoms with Gasteiger partial charge in [-0.25, -0.2) is 4.79 Å². The molecule has 1 amide bonds. The van der Waals surface area contributed by atoms with Crippen LogP contribution in [0.2, 0.25) is 0 Å². The summed E-state index contributed by atoms with van der Waals surface area (Å²) in [6.07, 6.45) is 0.405. The Labute approximate surface area is 138 Å². The molecule has 2 atom stereocenters. The van der Waals surface area contributed by atoms with E-state index in [-0.39, 0.29) is 5.91 Å². The summed E-state index contributed by atoms with van der Waals surface area (Å²) in [6.45, 7) is 9.30. The summed E-state index contributed by atoms with van der Waals surface area (Å²) in [6, 6.07) is 8.26. The normalized spacial score (nSPS) is 14.0. The molecule has 128 valence electrons. The third-order valence-electron chi connectivity index (χ3n) is 3.34. The highest BCUT2D eigenvalue weighted by molar-refractivity contribution is 5.87. The second-order valence-corrected chi connectivity index (χ2v) is 6.65. The topological polar surface area (TPSA) is 72.6 Å². The first-order valence-electron chi connectivity index (χ1n) is 7.98. The molecule has 0 aliphatic carbocycles. The van der Waals surface area contributed by atoms with Crippen molar-refractivity contribution < 1.29 is 14.3 Å². The molecule has 0 unspecified atom stereocenters. The van der Waals surface area contributed by atoms with Gasteiger partial charge in [0, 0.05) is 13.0 Å². The van der Waals surface area contributed by atoms with Gasteiger partial charge in [-0.05, 0) is 40.2 Å². The van der Waals surface area contributed by atoms with Gasteiger partial charge < -0.3 is 15.4 Å². The molecule has 0 saturated carbocycles. The molecule has 0 aliphatic heterocycles. The molecule has 1 aromatic carbocycles. The smallest absolute Gasteiger partial charge is 0.329 e. The van der Waals surface area contributed by atoms with Gasteiger partial charge in [-0.1, -0.05) is 30.3 Å². The fourth-order valence-corrected chi connectivity index (χ4v) is 2.32. The summed E-state index contributed by atoms with van der Waals surface area (Å²) in [5.74, 6) is -0.656. The number of carbonyl (C=O) groups excluding carboxylic acids is 2. The van der Waals surface area contributed by atoms with E-state index < -0.39 is 23.7 Å². The molecule has 0 radical (unpaired) electrons. The van der Waals surface area contributed by atoms with Crippen LogP contribution in [-0.4, -0.2) is 41.0 Å². The second kappa shape index (κ2) is 8.11. The fraction of sp³-hybridized carbons (Fsp3) is 0.556. The van der Waals surface area contributed by atoms with Crippen LogP contribution in [0.25, 0.3) is 0 Å². The number of hydrogen-bond acceptors (Lipinski definition) is 4. The summed E-state index contributed by atoms with van der Waals surface area (Å²) in [5, 5.41) is 0. The first-order valence-corrected chi connectivity index (χ1v) is 7.98. The van der Waals surface area contributed by atoms with Crippen molar-refractivity contribution in [3.63, 3.8) is 0 Å². The van der Waals surface area contributed by atoms with Gasteiger partial charge >= 0.3 is 5.97 Å². The maximum Gasteiger partial charge on any atom is 0.329 e. The summed E-state index contributed by atoms with van der Waals surface area (Å²) < 4.78 is 5.51. The average Bonchev–Trinajstić information content (AvgIpc) is 2.45. The van der Waals surface area contributed by atoms with E-state index in [1.165, 1.54) is 4.90 Å². The lowest BCUT2D eigenvalue weighted by Gasteiger charge is -2.33. The Balaban J connectivity index is 3.08. The predicted octanol–water partition coefficient (Wildman–Crippen LogP) is 2.14. The molecule has 0 spiro atoms. The third-order valence-corrected chi connectivity index (χ3v) is 3.34. The molecular formula is C18H28N2O3. The van der Waals surface area contributed by atoms with Crippen molar-refractivity contribution in [3.8, 4) is 0 Å². The van der Waals surface area contributed by atoms with Crippen molar-refractivity contribution in [2.75, 3.05) is 6.54 Å². The molecule has 0 heterocycles. The Bertz CT molecular complexity index is 521. The highest BCUT2D eigenvalue weighted by Gasteiger charge is 2.33. The minimum atomic E-state index is -0.680. The van der Waals surface area contributed by atoms with Gasteiger partial charge in [0.25, 0.3) is 0 Å². The largest absolute Gasteiger partial charge is 0.458 e. The maximum absolute atomic E-state index is 12.6. The second-order valence-electron chi connectivity index (χ2n) is 6.65. The van der Waals surface area contributed by atoms with Gasteiger partial charge in [0.05, 0.1) is 6.04 Å². The van der Waals surface area contributed by atoms with E-state index in [2.05, 4.69) is 0 Å². The van der Waals surface area contributed by atoms with Gasteiger partial charge in [0.2, 0.25) is 5.91 Å². The van der Waals surface area contributed by atoms with E-state index >= 15 is 0 Å². The SMILES string of the molecule is CCN(C(=O)[C@H](C)N)[C@@H](Cc1ccccc1)C(=O)OC(C)(C)C. The van der Waals surface area contributed by atoms with Gasteiger partial charge in [0.15, 0.2) is 0 Å². The molecule has 0 saturated heterocycles. The Morgan fingerprint density at radius 2 is 1.78 bits per heavy atom. The number of ether oxygens (including phenoxy) is 1. The number of carbonyl (C=O) groups is 2. The van der Waals surface area contributed by atoms with Crippen molar-refractivity contribution in [1.29, 1.82) is 0 Å². The van der Waals surface area contributed by atoms with Crippen LogP contribution >= 0.6 is 0 Å². The molecule has 0 aliphatic rings. The molecule has 0 fully saturated rings. The van der Waals surface area contributed by atoms with E-state index in [4.69, 9.17) is 10.5 Å². The molecule has 23 heavy (non-hydrogen) atoms. The van der Waals surface area contributed by atoms with Crippen molar-refractivity contribution >= 4 is 11.9 Å². The number of nitrogens with two attached hydrogens (primary N) is 1. The van der Waals surface area contributed by atoms with Crippen LogP contribution in [0.3, 0.4) is 0 Å². The third kappa shape index (κ3) is 6.02. The van der Waals surface area contributed by atoms with Crippen LogP contribution in [0.4, 0.5) is 0 Å². The maximum atomic E-state index is 12.6. The number of hydrogen-bond donors (Lipinski definition) is 1. The summed E-state index contributed by atoms with van der Waals surface area (Å²) >= 11 is 0. The Kier molecular flexibility index (Phi) is 6.76. The molecule has 2 N–H and O–H groups in total. The molecule has 5 heteroatoms. The van der Waals surface area contributed by atoms with Crippen LogP contribution in [0, 0.1) is 0 Å². The van der Waals surface area contributed by atoms with Gasteiger partial charge in [-0.15, -0.1) is 0 Å². The highest BCUT2D eigenvalue weighted by Crippen LogP contribution is 2.16. The average molecular weight is 320 g/mol. The minimum Gasteiger partial charge on any atom is -0.458 e. The number of nitrogens with zero attached hydrogens (tertiary/aromatic N) is 1. The van der Waals surface area contributed by atoms with Crippen LogP contribution in [0.15, 0.2) is 30.3 Å². The van der Waals surface area contributed by atoms with Crippen molar-refractivity contribution in [3.05, 3.63) is 35.9 Å². The standard InChI is InChI=1S/C18H28N2O3/c1-6-20(16(21)13(2)19)15(17(22)23-18(3,4)5)12-14-10-8-7-9-11-14/h7-11,13,15H,6,12,19H2,1-5H3/t13-,15-/m0/s1. The van der Waals surface area contributed by atoms with Crippen LogP contribution in [0.5, 0.6) is 0 Å². The van der Waals surface area contributed by atoms with E-state index in [0.29, 0.717) is 13.0 Å². The molecule has 5 nitrogen and oxygen atoms in total. The summed E-state index contributed by atoms with van der Waals surface area (Å²) in [5.41, 5.74) is 6.09. The molecular weight excluding hydrogens is 292 g/mol. The number of amides is 1. The zero-order valence-electron chi connectivity index (χ0n) is 14.7. The van der Waals surface area contributed by atoms with E-state index in [9.17, 15) is 9.59 Å². The van der Waals surface area contributed by atoms with Crippen molar-refractivity contribution in [1.82, 2.24) is 4.90 Å². The number of rotatable bonds is 6. The lowest BCUT2D eigenvalue weighted by Crippen LogP contribution is -2.52. The zero-order chi connectivity index (χ0) is 17.6. The van der Waals surface area contributed by atoms with E-state index in [1.54, 1.807) is 6.92 Å². The van der Waals surface area contributed by atoms with Gasteiger partial charge in [-0.3, -0.25) is 4.79 Å². The number of esters is 1. The molecule has 0 aromatic heterocycles. The minimum absolute atomic E-state index is 0.251.